The minimum absolute atomic E-state index is 0.0237. The summed E-state index contributed by atoms with van der Waals surface area (Å²) in [5, 5.41) is 3.05. The maximum Gasteiger partial charge on any atom is 0.251 e. The van der Waals surface area contributed by atoms with Crippen molar-refractivity contribution < 1.29 is 9.53 Å². The third-order valence-corrected chi connectivity index (χ3v) is 6.48. The molecule has 2 aliphatic rings. The molecule has 0 spiro atoms. The molecule has 2 aromatic rings. The summed E-state index contributed by atoms with van der Waals surface area (Å²) in [6.45, 7) is 10.8. The normalized spacial score (nSPS) is 18.7. The summed E-state index contributed by atoms with van der Waals surface area (Å²) in [6.07, 6.45) is 2.61. The monoisotopic (exact) mass is 421 g/mol. The topological polar surface area (TPSA) is 44.8 Å². The number of hydrogen-bond donors (Lipinski definition) is 1. The van der Waals surface area contributed by atoms with E-state index in [1.54, 1.807) is 0 Å². The van der Waals surface area contributed by atoms with Gasteiger partial charge in [-0.05, 0) is 60.7 Å². The van der Waals surface area contributed by atoms with E-state index in [1.165, 1.54) is 37.1 Å². The van der Waals surface area contributed by atoms with Crippen LogP contribution >= 0.6 is 0 Å². The molecule has 1 amide bonds. The molecular formula is C26H35N3O2. The van der Waals surface area contributed by atoms with Gasteiger partial charge >= 0.3 is 0 Å². The van der Waals surface area contributed by atoms with Crippen molar-refractivity contribution in [1.82, 2.24) is 15.1 Å². The van der Waals surface area contributed by atoms with E-state index in [2.05, 4.69) is 58.4 Å². The Balaban J connectivity index is 1.22. The Morgan fingerprint density at radius 1 is 0.839 bits per heavy atom. The molecule has 2 heterocycles. The first-order valence-corrected chi connectivity index (χ1v) is 11.6. The van der Waals surface area contributed by atoms with E-state index in [1.807, 2.05) is 12.1 Å². The van der Waals surface area contributed by atoms with Crippen LogP contribution in [0.25, 0.3) is 0 Å². The predicted molar refractivity (Wildman–Crippen MR) is 124 cm³/mol. The molecule has 5 nitrogen and oxygen atoms in total. The van der Waals surface area contributed by atoms with E-state index < -0.39 is 0 Å². The molecule has 4 rings (SSSR count). The average Bonchev–Trinajstić information content (AvgIpc) is 2.81. The van der Waals surface area contributed by atoms with E-state index >= 15 is 0 Å². The van der Waals surface area contributed by atoms with Crippen LogP contribution in [0.5, 0.6) is 0 Å². The van der Waals surface area contributed by atoms with Crippen LogP contribution in [-0.4, -0.2) is 55.1 Å². The lowest BCUT2D eigenvalue weighted by Gasteiger charge is -2.30. The molecule has 5 heteroatoms. The summed E-state index contributed by atoms with van der Waals surface area (Å²) in [4.78, 5) is 17.5. The number of rotatable bonds is 7. The Morgan fingerprint density at radius 3 is 1.97 bits per heavy atom. The van der Waals surface area contributed by atoms with Crippen molar-refractivity contribution in [3.8, 4) is 0 Å². The number of carbonyl (C=O) groups is 1. The molecule has 0 atom stereocenters. The quantitative estimate of drug-likeness (QED) is 0.741. The molecule has 2 aromatic carbocycles. The number of nitrogens with one attached hydrogen (secondary N) is 1. The Morgan fingerprint density at radius 2 is 1.35 bits per heavy atom. The van der Waals surface area contributed by atoms with Gasteiger partial charge in [0.2, 0.25) is 0 Å². The third kappa shape index (κ3) is 6.63. The summed E-state index contributed by atoms with van der Waals surface area (Å²) in [7, 11) is 0. The third-order valence-electron chi connectivity index (χ3n) is 6.48. The summed E-state index contributed by atoms with van der Waals surface area (Å²) >= 11 is 0. The van der Waals surface area contributed by atoms with Gasteiger partial charge in [0.25, 0.3) is 5.91 Å². The van der Waals surface area contributed by atoms with E-state index in [9.17, 15) is 4.79 Å². The van der Waals surface area contributed by atoms with Crippen molar-refractivity contribution in [3.05, 3.63) is 70.8 Å². The van der Waals surface area contributed by atoms with Gasteiger partial charge in [-0.1, -0.05) is 43.3 Å². The zero-order chi connectivity index (χ0) is 21.5. The first kappa shape index (κ1) is 22.0. The maximum absolute atomic E-state index is 12.5. The molecular weight excluding hydrogens is 386 g/mol. The second-order valence-electron chi connectivity index (χ2n) is 9.04. The van der Waals surface area contributed by atoms with Gasteiger partial charge in [-0.2, -0.15) is 0 Å². The molecule has 0 radical (unpaired) electrons. The lowest BCUT2D eigenvalue weighted by Crippen LogP contribution is -2.35. The number of likely N-dealkylation sites (tertiary alicyclic amines) is 1. The fourth-order valence-electron chi connectivity index (χ4n) is 4.30. The standard InChI is InChI=1S/C26H35N3O2/c1-21-10-12-28(13-11-21)19-23-4-2-22(3-5-23)18-27-26(30)25-8-6-24(7-9-25)20-29-14-16-31-17-15-29/h2-9,21H,10-20H2,1H3,(H,27,30). The van der Waals surface area contributed by atoms with Crippen LogP contribution < -0.4 is 5.32 Å². The van der Waals surface area contributed by atoms with Crippen LogP contribution in [0.4, 0.5) is 0 Å². The lowest BCUT2D eigenvalue weighted by atomic mass is 9.99. The van der Waals surface area contributed by atoms with E-state index in [0.717, 1.165) is 50.9 Å². The SMILES string of the molecule is CC1CCN(Cc2ccc(CNC(=O)c3ccc(CN4CCOCC4)cc3)cc2)CC1. The smallest absolute Gasteiger partial charge is 0.251 e. The van der Waals surface area contributed by atoms with Crippen molar-refractivity contribution in [3.63, 3.8) is 0 Å². The maximum atomic E-state index is 12.5. The molecule has 2 aliphatic heterocycles. The zero-order valence-corrected chi connectivity index (χ0v) is 18.7. The van der Waals surface area contributed by atoms with Crippen molar-refractivity contribution in [2.24, 2.45) is 5.92 Å². The fraction of sp³-hybridized carbons (Fsp3) is 0.500. The van der Waals surface area contributed by atoms with Crippen LogP contribution in [-0.2, 0) is 24.4 Å². The number of carbonyl (C=O) groups excluding carboxylic acids is 1. The van der Waals surface area contributed by atoms with E-state index in [-0.39, 0.29) is 5.91 Å². The van der Waals surface area contributed by atoms with Crippen LogP contribution in [0.15, 0.2) is 48.5 Å². The van der Waals surface area contributed by atoms with Crippen LogP contribution in [0.2, 0.25) is 0 Å². The molecule has 0 saturated carbocycles. The molecule has 0 aromatic heterocycles. The number of benzene rings is 2. The van der Waals surface area contributed by atoms with Gasteiger partial charge in [0.05, 0.1) is 13.2 Å². The second kappa shape index (κ2) is 10.9. The fourth-order valence-corrected chi connectivity index (χ4v) is 4.30. The highest BCUT2D eigenvalue weighted by molar-refractivity contribution is 5.94. The molecule has 0 bridgehead atoms. The Hall–Kier alpha value is -2.21. The first-order valence-electron chi connectivity index (χ1n) is 11.6. The summed E-state index contributed by atoms with van der Waals surface area (Å²) in [6, 6.07) is 16.6. The van der Waals surface area contributed by atoms with Crippen molar-refractivity contribution in [2.45, 2.75) is 39.4 Å². The van der Waals surface area contributed by atoms with E-state index in [4.69, 9.17) is 4.74 Å². The van der Waals surface area contributed by atoms with Gasteiger partial charge in [0.1, 0.15) is 0 Å². The van der Waals surface area contributed by atoms with Gasteiger partial charge < -0.3 is 10.1 Å². The molecule has 1 N–H and O–H groups in total. The minimum Gasteiger partial charge on any atom is -0.379 e. The highest BCUT2D eigenvalue weighted by Crippen LogP contribution is 2.18. The molecule has 0 unspecified atom stereocenters. The van der Waals surface area contributed by atoms with Gasteiger partial charge in [0, 0.05) is 38.3 Å². The second-order valence-corrected chi connectivity index (χ2v) is 9.04. The van der Waals surface area contributed by atoms with Gasteiger partial charge in [-0.15, -0.1) is 0 Å². The summed E-state index contributed by atoms with van der Waals surface area (Å²) < 4.78 is 5.40. The van der Waals surface area contributed by atoms with Crippen LogP contribution in [0.1, 0.15) is 46.8 Å². The Kier molecular flexibility index (Phi) is 7.73. The number of amides is 1. The van der Waals surface area contributed by atoms with Crippen LogP contribution in [0, 0.1) is 5.92 Å². The number of nitrogens with zero attached hydrogens (tertiary/aromatic N) is 2. The number of ether oxygens (including phenoxy) is 1. The number of morpholine rings is 1. The zero-order valence-electron chi connectivity index (χ0n) is 18.7. The highest BCUT2D eigenvalue weighted by Gasteiger charge is 2.15. The van der Waals surface area contributed by atoms with Gasteiger partial charge in [-0.3, -0.25) is 14.6 Å². The number of piperidine rings is 1. The first-order chi connectivity index (χ1) is 15.2. The predicted octanol–water partition coefficient (Wildman–Crippen LogP) is 3.68. The summed E-state index contributed by atoms with van der Waals surface area (Å²) in [5.41, 5.74) is 4.42. The molecule has 166 valence electrons. The van der Waals surface area contributed by atoms with Crippen LogP contribution in [0.3, 0.4) is 0 Å². The molecule has 2 saturated heterocycles. The lowest BCUT2D eigenvalue weighted by molar-refractivity contribution is 0.0342. The van der Waals surface area contributed by atoms with Crippen molar-refractivity contribution in [1.29, 1.82) is 0 Å². The molecule has 0 aliphatic carbocycles. The Labute approximate surface area is 186 Å². The summed E-state index contributed by atoms with van der Waals surface area (Å²) in [5.74, 6) is 0.840. The van der Waals surface area contributed by atoms with Gasteiger partial charge in [0.15, 0.2) is 0 Å². The van der Waals surface area contributed by atoms with Crippen molar-refractivity contribution in [2.75, 3.05) is 39.4 Å². The average molecular weight is 422 g/mol. The largest absolute Gasteiger partial charge is 0.379 e. The molecule has 31 heavy (non-hydrogen) atoms. The van der Waals surface area contributed by atoms with Gasteiger partial charge in [-0.25, -0.2) is 0 Å². The molecule has 2 fully saturated rings. The van der Waals surface area contributed by atoms with E-state index in [0.29, 0.717) is 12.1 Å². The minimum atomic E-state index is -0.0237. The number of hydrogen-bond acceptors (Lipinski definition) is 4. The highest BCUT2D eigenvalue weighted by atomic mass is 16.5. The van der Waals surface area contributed by atoms with Crippen molar-refractivity contribution >= 4 is 5.91 Å². The Bertz CT molecular complexity index is 821.